The standard InChI is InChI=1S/C13H18N2O5S/c1-21(18,19)20-10-13(11-6-2-4-8-14-11)7-3-5-9-15(13)12(16)17/h2,4,6,8H,3,5,7,9-10H2,1H3,(H,16,17). The van der Waals surface area contributed by atoms with E-state index in [1.54, 1.807) is 24.4 Å². The predicted molar refractivity (Wildman–Crippen MR) is 75.3 cm³/mol. The largest absolute Gasteiger partial charge is 0.465 e. The van der Waals surface area contributed by atoms with Crippen LogP contribution in [0.1, 0.15) is 25.0 Å². The van der Waals surface area contributed by atoms with Crippen molar-refractivity contribution in [1.82, 2.24) is 9.88 Å². The molecule has 0 saturated carbocycles. The summed E-state index contributed by atoms with van der Waals surface area (Å²) in [5.41, 5.74) is -0.551. The fraction of sp³-hybridized carbons (Fsp3) is 0.538. The number of piperidine rings is 1. The summed E-state index contributed by atoms with van der Waals surface area (Å²) in [4.78, 5) is 17.0. The van der Waals surface area contributed by atoms with Crippen molar-refractivity contribution in [2.45, 2.75) is 24.8 Å². The monoisotopic (exact) mass is 314 g/mol. The first-order valence-corrected chi connectivity index (χ1v) is 8.43. The molecule has 1 aromatic rings. The van der Waals surface area contributed by atoms with Crippen LogP contribution in [0.25, 0.3) is 0 Å². The molecule has 8 heteroatoms. The molecule has 0 bridgehead atoms. The molecule has 1 aromatic heterocycles. The third-order valence-corrected chi connectivity index (χ3v) is 4.17. The zero-order chi connectivity index (χ0) is 15.5. The second-order valence-corrected chi connectivity index (χ2v) is 6.75. The maximum absolute atomic E-state index is 11.6. The van der Waals surface area contributed by atoms with E-state index in [0.29, 0.717) is 18.7 Å². The van der Waals surface area contributed by atoms with Crippen LogP contribution in [0, 0.1) is 0 Å². The van der Waals surface area contributed by atoms with Gasteiger partial charge in [0.25, 0.3) is 10.1 Å². The van der Waals surface area contributed by atoms with E-state index >= 15 is 0 Å². The summed E-state index contributed by atoms with van der Waals surface area (Å²) in [6, 6.07) is 5.18. The van der Waals surface area contributed by atoms with Crippen LogP contribution >= 0.6 is 0 Å². The summed E-state index contributed by atoms with van der Waals surface area (Å²) in [6.07, 6.45) is 3.41. The maximum atomic E-state index is 11.6. The molecule has 1 N–H and O–H groups in total. The quantitative estimate of drug-likeness (QED) is 0.844. The summed E-state index contributed by atoms with van der Waals surface area (Å²) < 4.78 is 27.6. The molecule has 0 radical (unpaired) electrons. The zero-order valence-corrected chi connectivity index (χ0v) is 12.5. The summed E-state index contributed by atoms with van der Waals surface area (Å²) in [5, 5.41) is 9.46. The Bertz CT molecular complexity index is 604. The molecule has 0 aliphatic carbocycles. The molecule has 1 saturated heterocycles. The number of nitrogens with zero attached hydrogens (tertiary/aromatic N) is 2. The second kappa shape index (κ2) is 5.98. The Morgan fingerprint density at radius 2 is 2.24 bits per heavy atom. The van der Waals surface area contributed by atoms with Crippen LogP contribution in [0.3, 0.4) is 0 Å². The number of amides is 1. The normalized spacial score (nSPS) is 23.0. The smallest absolute Gasteiger partial charge is 0.408 e. The van der Waals surface area contributed by atoms with Gasteiger partial charge < -0.3 is 5.11 Å². The first-order valence-electron chi connectivity index (χ1n) is 6.62. The summed E-state index contributed by atoms with van der Waals surface area (Å²) in [7, 11) is -3.67. The van der Waals surface area contributed by atoms with Crippen LogP contribution in [-0.4, -0.2) is 48.9 Å². The van der Waals surface area contributed by atoms with Crippen molar-refractivity contribution >= 4 is 16.2 Å². The van der Waals surface area contributed by atoms with Crippen molar-refractivity contribution in [3.63, 3.8) is 0 Å². The third-order valence-electron chi connectivity index (χ3n) is 3.62. The topological polar surface area (TPSA) is 96.8 Å². The van der Waals surface area contributed by atoms with E-state index in [4.69, 9.17) is 4.18 Å². The van der Waals surface area contributed by atoms with E-state index in [2.05, 4.69) is 4.98 Å². The molecular formula is C13H18N2O5S. The average Bonchev–Trinajstić information content (AvgIpc) is 2.45. The number of aromatic nitrogens is 1. The molecule has 7 nitrogen and oxygen atoms in total. The molecule has 21 heavy (non-hydrogen) atoms. The van der Waals surface area contributed by atoms with Gasteiger partial charge in [0.05, 0.1) is 18.6 Å². The highest BCUT2D eigenvalue weighted by Gasteiger charge is 2.45. The lowest BCUT2D eigenvalue weighted by Crippen LogP contribution is -2.55. The fourth-order valence-corrected chi connectivity index (χ4v) is 3.06. The van der Waals surface area contributed by atoms with Crippen LogP contribution in [0.15, 0.2) is 24.4 Å². The van der Waals surface area contributed by atoms with Gasteiger partial charge in [0, 0.05) is 12.7 Å². The number of likely N-dealkylation sites (tertiary alicyclic amines) is 1. The van der Waals surface area contributed by atoms with Gasteiger partial charge >= 0.3 is 6.09 Å². The lowest BCUT2D eigenvalue weighted by atomic mass is 9.84. The minimum Gasteiger partial charge on any atom is -0.465 e. The predicted octanol–water partition coefficient (Wildman–Crippen LogP) is 1.42. The molecule has 0 spiro atoms. The molecule has 2 heterocycles. The number of hydrogen-bond acceptors (Lipinski definition) is 5. The summed E-state index contributed by atoms with van der Waals surface area (Å²) in [6.45, 7) is 0.0776. The lowest BCUT2D eigenvalue weighted by molar-refractivity contribution is 0.0111. The van der Waals surface area contributed by atoms with Crippen LogP contribution in [0.5, 0.6) is 0 Å². The lowest BCUT2D eigenvalue weighted by Gasteiger charge is -2.44. The van der Waals surface area contributed by atoms with Crippen molar-refractivity contribution < 1.29 is 22.5 Å². The molecular weight excluding hydrogens is 296 g/mol. The second-order valence-electron chi connectivity index (χ2n) is 5.10. The van der Waals surface area contributed by atoms with Gasteiger partial charge in [-0.2, -0.15) is 8.42 Å². The van der Waals surface area contributed by atoms with E-state index in [1.807, 2.05) is 0 Å². The van der Waals surface area contributed by atoms with Crippen molar-refractivity contribution in [3.05, 3.63) is 30.1 Å². The van der Waals surface area contributed by atoms with Gasteiger partial charge in [-0.15, -0.1) is 0 Å². The van der Waals surface area contributed by atoms with E-state index in [1.165, 1.54) is 4.90 Å². The summed E-state index contributed by atoms with van der Waals surface area (Å²) in [5.74, 6) is 0. The number of hydrogen-bond donors (Lipinski definition) is 1. The molecule has 1 unspecified atom stereocenters. The molecule has 0 aromatic carbocycles. The molecule has 2 rings (SSSR count). The Kier molecular flexibility index (Phi) is 4.48. The third kappa shape index (κ3) is 3.51. The minimum atomic E-state index is -3.67. The highest BCUT2D eigenvalue weighted by Crippen LogP contribution is 2.37. The molecule has 1 aliphatic rings. The number of rotatable bonds is 4. The van der Waals surface area contributed by atoms with Crippen molar-refractivity contribution in [1.29, 1.82) is 0 Å². The van der Waals surface area contributed by atoms with E-state index in [9.17, 15) is 18.3 Å². The highest BCUT2D eigenvalue weighted by molar-refractivity contribution is 7.85. The van der Waals surface area contributed by atoms with Gasteiger partial charge in [-0.1, -0.05) is 6.07 Å². The Labute approximate surface area is 123 Å². The van der Waals surface area contributed by atoms with Crippen LogP contribution in [0.4, 0.5) is 4.79 Å². The molecule has 1 atom stereocenters. The number of carboxylic acid groups (broad SMARTS) is 1. The van der Waals surface area contributed by atoms with Crippen LogP contribution in [-0.2, 0) is 19.8 Å². The maximum Gasteiger partial charge on any atom is 0.408 e. The zero-order valence-electron chi connectivity index (χ0n) is 11.7. The van der Waals surface area contributed by atoms with Crippen molar-refractivity contribution in [3.8, 4) is 0 Å². The Hall–Kier alpha value is -1.67. The summed E-state index contributed by atoms with van der Waals surface area (Å²) >= 11 is 0. The number of pyridine rings is 1. The Morgan fingerprint density at radius 1 is 1.48 bits per heavy atom. The average molecular weight is 314 g/mol. The highest BCUT2D eigenvalue weighted by atomic mass is 32.2. The molecule has 1 aliphatic heterocycles. The van der Waals surface area contributed by atoms with Crippen LogP contribution in [0.2, 0.25) is 0 Å². The molecule has 1 amide bonds. The minimum absolute atomic E-state index is 0.255. The van der Waals surface area contributed by atoms with Gasteiger partial charge in [0.15, 0.2) is 0 Å². The van der Waals surface area contributed by atoms with Crippen molar-refractivity contribution in [2.75, 3.05) is 19.4 Å². The molecule has 116 valence electrons. The van der Waals surface area contributed by atoms with Gasteiger partial charge in [-0.25, -0.2) is 4.79 Å². The molecule has 1 fully saturated rings. The first-order chi connectivity index (χ1) is 9.85. The fourth-order valence-electron chi connectivity index (χ4n) is 2.65. The SMILES string of the molecule is CS(=O)(=O)OCC1(c2ccccn2)CCCCN1C(=O)O. The van der Waals surface area contributed by atoms with Crippen molar-refractivity contribution in [2.24, 2.45) is 0 Å². The number of carbonyl (C=O) groups is 1. The van der Waals surface area contributed by atoms with Gasteiger partial charge in [-0.3, -0.25) is 14.1 Å². The Morgan fingerprint density at radius 3 is 2.81 bits per heavy atom. The first kappa shape index (κ1) is 15.7. The van der Waals surface area contributed by atoms with Gasteiger partial charge in [0.2, 0.25) is 0 Å². The van der Waals surface area contributed by atoms with E-state index in [0.717, 1.165) is 19.1 Å². The van der Waals surface area contributed by atoms with Gasteiger partial charge in [-0.05, 0) is 31.4 Å². The van der Waals surface area contributed by atoms with Crippen LogP contribution < -0.4 is 0 Å². The van der Waals surface area contributed by atoms with Gasteiger partial charge in [0.1, 0.15) is 5.54 Å². The Balaban J connectivity index is 2.44. The van der Waals surface area contributed by atoms with E-state index < -0.39 is 21.8 Å². The van der Waals surface area contributed by atoms with E-state index in [-0.39, 0.29) is 6.61 Å².